The molecule has 9 heterocycles. The number of hydrogen-bond donors (Lipinski definition) is 3. The molecule has 4 aliphatic heterocycles. The zero-order valence-electron chi connectivity index (χ0n) is 34.8. The van der Waals surface area contributed by atoms with E-state index in [1.165, 1.54) is 18.3 Å². The van der Waals surface area contributed by atoms with E-state index in [-0.39, 0.29) is 17.4 Å². The number of ether oxygens (including phenoxy) is 2. The van der Waals surface area contributed by atoms with Crippen molar-refractivity contribution in [3.8, 4) is 28.8 Å². The number of carbonyl (C=O) groups excluding carboxylic acids is 1. The van der Waals surface area contributed by atoms with Crippen LogP contribution in [0.2, 0.25) is 0 Å². The van der Waals surface area contributed by atoms with Gasteiger partial charge in [0.25, 0.3) is 0 Å². The van der Waals surface area contributed by atoms with Crippen LogP contribution in [0.25, 0.3) is 16.6 Å². The number of hydrogen-bond acceptors (Lipinski definition) is 14. The van der Waals surface area contributed by atoms with Gasteiger partial charge in [0.1, 0.15) is 29.8 Å². The molecule has 10 rings (SSSR count). The number of aromatic nitrogens is 6. The van der Waals surface area contributed by atoms with Crippen LogP contribution in [0.1, 0.15) is 68.1 Å². The van der Waals surface area contributed by atoms with Crippen molar-refractivity contribution >= 4 is 23.1 Å². The van der Waals surface area contributed by atoms with Gasteiger partial charge in [-0.15, -0.1) is 0 Å². The molecule has 2 unspecified atom stereocenters. The third-order valence-corrected chi connectivity index (χ3v) is 13.2. The van der Waals surface area contributed by atoms with Crippen LogP contribution in [-0.4, -0.2) is 116 Å². The van der Waals surface area contributed by atoms with E-state index in [1.54, 1.807) is 24.0 Å². The van der Waals surface area contributed by atoms with Crippen LogP contribution < -0.4 is 31.2 Å². The second-order valence-corrected chi connectivity index (χ2v) is 17.3. The molecule has 5 aliphatic rings. The molecule has 2 bridgehead atoms. The average Bonchev–Trinajstić information content (AvgIpc) is 3.83. The highest BCUT2D eigenvalue weighted by atomic mass is 16.5. The predicted octanol–water partition coefficient (Wildman–Crippen LogP) is 3.99. The van der Waals surface area contributed by atoms with Gasteiger partial charge in [0.15, 0.2) is 0 Å². The number of nitrogens with zero attached hydrogens (tertiary/aromatic N) is 10. The van der Waals surface area contributed by atoms with E-state index < -0.39 is 6.04 Å². The van der Waals surface area contributed by atoms with Gasteiger partial charge in [-0.05, 0) is 88.1 Å². The molecule has 1 spiro atoms. The van der Waals surface area contributed by atoms with Crippen LogP contribution in [0, 0.1) is 16.7 Å². The number of piperazine rings is 1. The van der Waals surface area contributed by atoms with Gasteiger partial charge in [0.2, 0.25) is 11.8 Å². The number of nitrogens with one attached hydrogen (secondary N) is 1. The summed E-state index contributed by atoms with van der Waals surface area (Å²) in [6.45, 7) is 6.19. The fourth-order valence-electron chi connectivity index (χ4n) is 9.57. The van der Waals surface area contributed by atoms with E-state index >= 15 is 0 Å². The Balaban J connectivity index is 0.737. The summed E-state index contributed by atoms with van der Waals surface area (Å²) in [5, 5.41) is 17.7. The van der Waals surface area contributed by atoms with Gasteiger partial charge in [-0.1, -0.05) is 6.07 Å². The molecular weight excluding hydrogens is 771 g/mol. The zero-order chi connectivity index (χ0) is 41.9. The molecule has 4 saturated heterocycles. The van der Waals surface area contributed by atoms with Crippen LogP contribution in [0.15, 0.2) is 67.6 Å². The minimum Gasteiger partial charge on any atom is -0.492 e. The molecule has 1 aliphatic carbocycles. The number of amides is 1. The normalized spacial score (nSPS) is 20.9. The number of methoxy groups -OCH3 is 1. The number of pyridine rings is 3. The van der Waals surface area contributed by atoms with Crippen LogP contribution in [0.3, 0.4) is 0 Å². The minimum atomic E-state index is -0.551. The Morgan fingerprint density at radius 1 is 1.03 bits per heavy atom. The summed E-state index contributed by atoms with van der Waals surface area (Å²) in [7, 11) is 1.64. The second kappa shape index (κ2) is 17.6. The number of likely N-dealkylation sites (tertiary alicyclic amines) is 1. The van der Waals surface area contributed by atoms with Crippen molar-refractivity contribution in [2.75, 3.05) is 57.1 Å². The fourth-order valence-corrected chi connectivity index (χ4v) is 9.57. The molecule has 5 N–H and O–H groups in total. The number of nitrogens with two attached hydrogens (primary N) is 2. The Hall–Kier alpha value is -5.89. The molecule has 4 atom stereocenters. The second-order valence-electron chi connectivity index (χ2n) is 17.3. The Morgan fingerprint density at radius 3 is 2.64 bits per heavy atom. The first kappa shape index (κ1) is 40.5. The van der Waals surface area contributed by atoms with Gasteiger partial charge in [-0.25, -0.2) is 24.5 Å². The molecule has 1 saturated carbocycles. The van der Waals surface area contributed by atoms with Crippen molar-refractivity contribution in [1.29, 1.82) is 5.26 Å². The molecular formula is C45H55N13O3. The van der Waals surface area contributed by atoms with Crippen molar-refractivity contribution in [2.45, 2.75) is 88.5 Å². The smallest absolute Gasteiger partial charge is 0.237 e. The molecule has 318 valence electrons. The van der Waals surface area contributed by atoms with Gasteiger partial charge < -0.3 is 36.1 Å². The van der Waals surface area contributed by atoms with Gasteiger partial charge in [0, 0.05) is 97.6 Å². The van der Waals surface area contributed by atoms with Gasteiger partial charge in [-0.3, -0.25) is 9.69 Å². The summed E-state index contributed by atoms with van der Waals surface area (Å²) in [5.74, 6) is 2.71. The molecule has 0 aromatic carbocycles. The highest BCUT2D eigenvalue weighted by Crippen LogP contribution is 2.53. The minimum absolute atomic E-state index is 0.0674. The first-order valence-electron chi connectivity index (χ1n) is 21.6. The number of carbonyl (C=O) groups is 1. The van der Waals surface area contributed by atoms with Crippen LogP contribution >= 0.6 is 0 Å². The van der Waals surface area contributed by atoms with Crippen LogP contribution in [0.5, 0.6) is 11.6 Å². The SMILES string of the molecule is COc1ccc(CN2C3CC2CN(c2ccc(-c4cc(OCCCCCN5C[C@H](NC(=O)[C@@H](N)CCCc6cncnc6N)C6(CC6)C5)cn5ncc(C#N)c45)cn2)C3)cn1. The van der Waals surface area contributed by atoms with Crippen LogP contribution in [0.4, 0.5) is 11.6 Å². The molecule has 0 radical (unpaired) electrons. The number of aryl methyl sites for hydroxylation is 1. The van der Waals surface area contributed by atoms with Gasteiger partial charge >= 0.3 is 0 Å². The lowest BCUT2D eigenvalue weighted by atomic mass is 9.87. The van der Waals surface area contributed by atoms with E-state index in [4.69, 9.17) is 25.9 Å². The number of nitriles is 1. The number of unbranched alkanes of at least 4 members (excludes halogenated alkanes) is 2. The summed E-state index contributed by atoms with van der Waals surface area (Å²) >= 11 is 0. The maximum absolute atomic E-state index is 13.1. The number of piperidine rings is 1. The van der Waals surface area contributed by atoms with Crippen molar-refractivity contribution < 1.29 is 14.3 Å². The monoisotopic (exact) mass is 825 g/mol. The quantitative estimate of drug-likeness (QED) is 0.107. The van der Waals surface area contributed by atoms with Crippen molar-refractivity contribution in [3.63, 3.8) is 0 Å². The molecule has 5 aromatic rings. The Bertz CT molecular complexity index is 2350. The number of anilines is 2. The van der Waals surface area contributed by atoms with Crippen molar-refractivity contribution in [2.24, 2.45) is 11.1 Å². The van der Waals surface area contributed by atoms with Crippen molar-refractivity contribution in [1.82, 2.24) is 44.7 Å². The van der Waals surface area contributed by atoms with Crippen molar-refractivity contribution in [3.05, 3.63) is 84.3 Å². The molecule has 61 heavy (non-hydrogen) atoms. The fraction of sp³-hybridized carbons (Fsp3) is 0.489. The summed E-state index contributed by atoms with van der Waals surface area (Å²) in [4.78, 5) is 37.9. The molecule has 16 nitrogen and oxygen atoms in total. The molecule has 16 heteroatoms. The Kier molecular flexibility index (Phi) is 11.7. The topological polar surface area (TPSA) is 202 Å². The van der Waals surface area contributed by atoms with E-state index in [2.05, 4.69) is 64.3 Å². The molecule has 1 amide bonds. The zero-order valence-corrected chi connectivity index (χ0v) is 34.8. The lowest BCUT2D eigenvalue weighted by Gasteiger charge is -2.56. The summed E-state index contributed by atoms with van der Waals surface area (Å²) in [6, 6.07) is 13.0. The van der Waals surface area contributed by atoms with E-state index in [0.717, 1.165) is 106 Å². The first-order valence-corrected chi connectivity index (χ1v) is 21.6. The highest BCUT2D eigenvalue weighted by Gasteiger charge is 2.55. The average molecular weight is 826 g/mol. The standard InChI is InChI=1S/C45H55N13O3/c1-60-41-11-8-30(19-51-41)23-57-34-16-35(57)25-56(24-34)40-10-9-31(21-50-40)37-17-36(26-58-42(37)33(18-46)22-53-58)61-15-4-2-3-14-55-27-39(45(28-55)12-13-45)54-44(59)38(47)7-5-6-32-20-49-29-52-43(32)48/h8-11,17,19-22,26,29,34-35,38-39H,2-7,12-16,23-25,27-28,47H2,1H3,(H,54,59)(H2,48,49,52)/t34?,35?,38-,39-/m0/s1. The van der Waals surface area contributed by atoms with Gasteiger partial charge in [-0.2, -0.15) is 10.4 Å². The largest absolute Gasteiger partial charge is 0.492 e. The first-order chi connectivity index (χ1) is 29.8. The van der Waals surface area contributed by atoms with E-state index in [1.807, 2.05) is 30.7 Å². The highest BCUT2D eigenvalue weighted by molar-refractivity contribution is 5.85. The maximum Gasteiger partial charge on any atom is 0.237 e. The number of nitrogen functional groups attached to an aromatic ring is 1. The summed E-state index contributed by atoms with van der Waals surface area (Å²) in [6.07, 6.45) is 18.9. The van der Waals surface area contributed by atoms with Crippen LogP contribution in [-0.2, 0) is 17.8 Å². The number of fused-ring (bicyclic) bond motifs is 3. The van der Waals surface area contributed by atoms with Gasteiger partial charge in [0.05, 0.1) is 43.2 Å². The Labute approximate surface area is 356 Å². The third-order valence-electron chi connectivity index (χ3n) is 13.2. The van der Waals surface area contributed by atoms with E-state index in [0.29, 0.717) is 54.5 Å². The van der Waals surface area contributed by atoms with E-state index in [9.17, 15) is 10.1 Å². The summed E-state index contributed by atoms with van der Waals surface area (Å²) < 4.78 is 13.3. The molecule has 5 aromatic heterocycles. The third kappa shape index (κ3) is 8.81. The predicted molar refractivity (Wildman–Crippen MR) is 231 cm³/mol. The molecule has 5 fully saturated rings. The lowest BCUT2D eigenvalue weighted by Crippen LogP contribution is -2.68. The maximum atomic E-state index is 13.1. The lowest BCUT2D eigenvalue weighted by molar-refractivity contribution is -0.123. The summed E-state index contributed by atoms with van der Waals surface area (Å²) in [5.41, 5.74) is 17.5. The Morgan fingerprint density at radius 2 is 1.90 bits per heavy atom. The number of rotatable bonds is 18.